The third-order valence-electron chi connectivity index (χ3n) is 2.62. The van der Waals surface area contributed by atoms with Crippen LogP contribution in [0.1, 0.15) is 12.8 Å². The van der Waals surface area contributed by atoms with Crippen LogP contribution in [0.15, 0.2) is 10.6 Å². The SMILES string of the molecule is COCCCNN1C(Cl)=CSC1S(=O)(=O)NCCCOC. The predicted octanol–water partition coefficient (Wildman–Crippen LogP) is 0.853. The average Bonchev–Trinajstić information content (AvgIpc) is 2.82. The van der Waals surface area contributed by atoms with Gasteiger partial charge in [-0.3, -0.25) is 5.01 Å². The Kier molecular flexibility index (Phi) is 8.95. The quantitative estimate of drug-likeness (QED) is 0.418. The number of sulfonamides is 1. The monoisotopic (exact) mass is 359 g/mol. The van der Waals surface area contributed by atoms with Crippen molar-refractivity contribution in [3.63, 3.8) is 0 Å². The van der Waals surface area contributed by atoms with Gasteiger partial charge in [-0.1, -0.05) is 23.4 Å². The van der Waals surface area contributed by atoms with E-state index in [-0.39, 0.29) is 0 Å². The molecule has 0 spiro atoms. The molecule has 10 heteroatoms. The zero-order valence-electron chi connectivity index (χ0n) is 12.2. The average molecular weight is 360 g/mol. The van der Waals surface area contributed by atoms with Crippen LogP contribution in [0.2, 0.25) is 0 Å². The molecule has 1 heterocycles. The van der Waals surface area contributed by atoms with E-state index < -0.39 is 14.7 Å². The molecule has 1 aliphatic rings. The van der Waals surface area contributed by atoms with Crippen LogP contribution in [-0.4, -0.2) is 58.7 Å². The minimum atomic E-state index is -3.51. The molecule has 1 unspecified atom stereocenters. The number of hydrogen-bond donors (Lipinski definition) is 2. The summed E-state index contributed by atoms with van der Waals surface area (Å²) in [7, 11) is -0.311. The lowest BCUT2D eigenvalue weighted by Crippen LogP contribution is -2.48. The van der Waals surface area contributed by atoms with Crippen LogP contribution in [0.5, 0.6) is 0 Å². The molecule has 0 saturated heterocycles. The molecule has 21 heavy (non-hydrogen) atoms. The Morgan fingerprint density at radius 2 is 1.90 bits per heavy atom. The van der Waals surface area contributed by atoms with Crippen LogP contribution in [-0.2, 0) is 19.5 Å². The number of nitrogens with one attached hydrogen (secondary N) is 2. The molecule has 0 aromatic carbocycles. The normalized spacial score (nSPS) is 19.1. The summed E-state index contributed by atoms with van der Waals surface area (Å²) in [6.45, 7) is 2.02. The third-order valence-corrected chi connectivity index (χ3v) is 6.29. The van der Waals surface area contributed by atoms with Crippen LogP contribution in [0.4, 0.5) is 0 Å². The summed E-state index contributed by atoms with van der Waals surface area (Å²) in [5, 5.41) is 3.44. The number of halogens is 1. The number of hydrogen-bond acceptors (Lipinski definition) is 7. The number of thioether (sulfide) groups is 1. The Bertz CT molecular complexity index is 433. The van der Waals surface area contributed by atoms with Gasteiger partial charge in [0.1, 0.15) is 5.16 Å². The molecule has 0 amide bonds. The lowest BCUT2D eigenvalue weighted by atomic mass is 10.5. The van der Waals surface area contributed by atoms with Gasteiger partial charge in [0.05, 0.1) is 0 Å². The Balaban J connectivity index is 2.50. The van der Waals surface area contributed by atoms with Crippen LogP contribution < -0.4 is 10.1 Å². The van der Waals surface area contributed by atoms with Gasteiger partial charge in [0.2, 0.25) is 14.7 Å². The van der Waals surface area contributed by atoms with E-state index in [0.29, 0.717) is 37.9 Å². The van der Waals surface area contributed by atoms with Crippen molar-refractivity contribution in [3.8, 4) is 0 Å². The summed E-state index contributed by atoms with van der Waals surface area (Å²) < 4.78 is 36.1. The molecule has 1 aliphatic heterocycles. The van der Waals surface area contributed by atoms with E-state index in [9.17, 15) is 8.42 Å². The number of hydrazine groups is 1. The van der Waals surface area contributed by atoms with E-state index in [2.05, 4.69) is 10.1 Å². The van der Waals surface area contributed by atoms with E-state index >= 15 is 0 Å². The van der Waals surface area contributed by atoms with Crippen LogP contribution in [0.3, 0.4) is 0 Å². The lowest BCUT2D eigenvalue weighted by Gasteiger charge is -2.26. The summed E-state index contributed by atoms with van der Waals surface area (Å²) in [4.78, 5) is 0. The molecule has 7 nitrogen and oxygen atoms in total. The number of nitrogens with zero attached hydrogens (tertiary/aromatic N) is 1. The zero-order chi connectivity index (χ0) is 15.7. The minimum absolute atomic E-state index is 0.336. The van der Waals surface area contributed by atoms with Gasteiger partial charge in [0.15, 0.2) is 0 Å². The summed E-state index contributed by atoms with van der Waals surface area (Å²) in [6, 6.07) is 0. The maximum atomic E-state index is 12.3. The molecule has 124 valence electrons. The van der Waals surface area contributed by atoms with Crippen molar-refractivity contribution in [2.24, 2.45) is 0 Å². The van der Waals surface area contributed by atoms with Gasteiger partial charge >= 0.3 is 0 Å². The fourth-order valence-electron chi connectivity index (χ4n) is 1.61. The Morgan fingerprint density at radius 1 is 1.29 bits per heavy atom. The molecule has 0 saturated carbocycles. The van der Waals surface area contributed by atoms with Gasteiger partial charge in [0, 0.05) is 45.9 Å². The molecule has 0 bridgehead atoms. The van der Waals surface area contributed by atoms with Gasteiger partial charge < -0.3 is 9.47 Å². The molecule has 0 aromatic rings. The second-order valence-corrected chi connectivity index (χ2v) is 7.76. The second kappa shape index (κ2) is 9.88. The highest BCUT2D eigenvalue weighted by atomic mass is 35.5. The number of rotatable bonds is 11. The lowest BCUT2D eigenvalue weighted by molar-refractivity contribution is 0.183. The highest BCUT2D eigenvalue weighted by Crippen LogP contribution is 2.34. The number of ether oxygens (including phenoxy) is 2. The molecule has 0 aromatic heterocycles. The van der Waals surface area contributed by atoms with Crippen molar-refractivity contribution >= 4 is 33.4 Å². The van der Waals surface area contributed by atoms with Crippen LogP contribution in [0.25, 0.3) is 0 Å². The first-order valence-corrected chi connectivity index (χ1v) is 9.40. The molecule has 0 fully saturated rings. The van der Waals surface area contributed by atoms with Crippen molar-refractivity contribution in [1.29, 1.82) is 0 Å². The molecular formula is C11H22ClN3O4S2. The largest absolute Gasteiger partial charge is 0.385 e. The maximum absolute atomic E-state index is 12.3. The second-order valence-electron chi connectivity index (χ2n) is 4.29. The van der Waals surface area contributed by atoms with Gasteiger partial charge in [-0.2, -0.15) is 0 Å². The van der Waals surface area contributed by atoms with Gasteiger partial charge in [0.25, 0.3) is 0 Å². The topological polar surface area (TPSA) is 79.9 Å². The molecule has 1 atom stereocenters. The standard InChI is InChI=1S/C11H22ClN3O4S2/c1-18-7-3-5-13-15-10(12)9-20-11(15)21(16,17)14-6-4-8-19-2/h9,11,13-14H,3-8H2,1-2H3. The minimum Gasteiger partial charge on any atom is -0.385 e. The van der Waals surface area contributed by atoms with E-state index in [1.807, 2.05) is 0 Å². The fraction of sp³-hybridized carbons (Fsp3) is 0.818. The highest BCUT2D eigenvalue weighted by molar-refractivity contribution is 8.14. The Labute approximate surface area is 135 Å². The fourth-order valence-corrected chi connectivity index (χ4v) is 4.69. The summed E-state index contributed by atoms with van der Waals surface area (Å²) in [5.74, 6) is 0. The summed E-state index contributed by atoms with van der Waals surface area (Å²) >= 11 is 7.19. The Hall–Kier alpha value is -0.0300. The van der Waals surface area contributed by atoms with Gasteiger partial charge in [-0.15, -0.1) is 0 Å². The van der Waals surface area contributed by atoms with Crippen molar-refractivity contribution in [3.05, 3.63) is 10.6 Å². The van der Waals surface area contributed by atoms with Crippen molar-refractivity contribution in [2.45, 2.75) is 17.5 Å². The van der Waals surface area contributed by atoms with E-state index in [0.717, 1.165) is 18.2 Å². The summed E-state index contributed by atoms with van der Waals surface area (Å²) in [6.07, 6.45) is 1.38. The van der Waals surface area contributed by atoms with Crippen molar-refractivity contribution in [2.75, 3.05) is 40.5 Å². The van der Waals surface area contributed by atoms with Gasteiger partial charge in [-0.25, -0.2) is 18.6 Å². The molecule has 2 N–H and O–H groups in total. The zero-order valence-corrected chi connectivity index (χ0v) is 14.6. The molecule has 0 aliphatic carbocycles. The van der Waals surface area contributed by atoms with E-state index in [1.54, 1.807) is 19.6 Å². The molecule has 0 radical (unpaired) electrons. The van der Waals surface area contributed by atoms with Crippen LogP contribution >= 0.6 is 23.4 Å². The highest BCUT2D eigenvalue weighted by Gasteiger charge is 2.36. The first-order chi connectivity index (χ1) is 10.0. The van der Waals surface area contributed by atoms with Crippen molar-refractivity contribution < 1.29 is 17.9 Å². The van der Waals surface area contributed by atoms with Gasteiger partial charge in [-0.05, 0) is 12.8 Å². The summed E-state index contributed by atoms with van der Waals surface area (Å²) in [5.41, 5.74) is 3.01. The predicted molar refractivity (Wildman–Crippen MR) is 85.1 cm³/mol. The maximum Gasteiger partial charge on any atom is 0.244 e. The Morgan fingerprint density at radius 3 is 2.52 bits per heavy atom. The first kappa shape index (κ1) is 19.0. The molecular weight excluding hydrogens is 338 g/mol. The first-order valence-electron chi connectivity index (χ1n) is 6.53. The number of methoxy groups -OCH3 is 2. The van der Waals surface area contributed by atoms with Crippen LogP contribution in [0, 0.1) is 0 Å². The molecule has 1 rings (SSSR count). The smallest absolute Gasteiger partial charge is 0.244 e. The third kappa shape index (κ3) is 6.31. The van der Waals surface area contributed by atoms with E-state index in [4.69, 9.17) is 21.1 Å². The van der Waals surface area contributed by atoms with Crippen molar-refractivity contribution in [1.82, 2.24) is 15.2 Å². The van der Waals surface area contributed by atoms with E-state index in [1.165, 1.54) is 5.01 Å².